The fraction of sp³-hybridized carbons (Fsp3) is 0.438. The van der Waals surface area contributed by atoms with Gasteiger partial charge in [-0.15, -0.1) is 0 Å². The van der Waals surface area contributed by atoms with Crippen LogP contribution in [0.1, 0.15) is 13.0 Å². The van der Waals surface area contributed by atoms with E-state index in [4.69, 9.17) is 4.74 Å². The van der Waals surface area contributed by atoms with E-state index in [1.165, 1.54) is 12.1 Å². The highest BCUT2D eigenvalue weighted by Gasteiger charge is 2.28. The number of anilines is 1. The minimum atomic E-state index is -0.381. The number of nitrogens with zero attached hydrogens (tertiary/aromatic N) is 2. The first-order valence-electron chi connectivity index (χ1n) is 7.62. The van der Waals surface area contributed by atoms with Crippen molar-refractivity contribution in [3.8, 4) is 5.75 Å². The molecular formula is C16H18FN3O2. The van der Waals surface area contributed by atoms with Gasteiger partial charge in [-0.3, -0.25) is 4.79 Å². The molecule has 4 rings (SSSR count). The first kappa shape index (κ1) is 13.6. The standard InChI is InChI=1S/C16H18FN3O2/c1-10-9-22-16-14-11(13(21)2-5-20(10)14)8-12(17)15(16)19-6-3-18-4-7-19/h2,5,8,10,18H,3-4,6-7,9H2,1H3. The summed E-state index contributed by atoms with van der Waals surface area (Å²) in [7, 11) is 0. The average Bonchev–Trinajstić information content (AvgIpc) is 2.53. The van der Waals surface area contributed by atoms with Crippen molar-refractivity contribution in [3.05, 3.63) is 34.4 Å². The van der Waals surface area contributed by atoms with E-state index >= 15 is 0 Å². The zero-order valence-corrected chi connectivity index (χ0v) is 12.4. The predicted molar refractivity (Wildman–Crippen MR) is 83.5 cm³/mol. The van der Waals surface area contributed by atoms with Gasteiger partial charge in [-0.05, 0) is 13.0 Å². The highest BCUT2D eigenvalue weighted by molar-refractivity contribution is 5.92. The van der Waals surface area contributed by atoms with E-state index in [-0.39, 0.29) is 17.3 Å². The molecule has 2 aliphatic heterocycles. The van der Waals surface area contributed by atoms with Crippen molar-refractivity contribution < 1.29 is 9.13 Å². The fourth-order valence-electron chi connectivity index (χ4n) is 3.33. The molecule has 1 atom stereocenters. The molecule has 1 saturated heterocycles. The van der Waals surface area contributed by atoms with Gasteiger partial charge in [-0.2, -0.15) is 0 Å². The molecule has 0 radical (unpaired) electrons. The number of nitrogens with one attached hydrogen (secondary N) is 1. The molecule has 116 valence electrons. The minimum Gasteiger partial charge on any atom is -0.487 e. The van der Waals surface area contributed by atoms with Gasteiger partial charge < -0.3 is 19.5 Å². The lowest BCUT2D eigenvalue weighted by atomic mass is 10.1. The Labute approximate surface area is 127 Å². The predicted octanol–water partition coefficient (Wildman–Crippen LogP) is 1.50. The molecule has 0 spiro atoms. The molecule has 2 aromatic rings. The number of ether oxygens (including phenoxy) is 1. The van der Waals surface area contributed by atoms with Gasteiger partial charge in [-0.25, -0.2) is 4.39 Å². The van der Waals surface area contributed by atoms with Gasteiger partial charge in [0.15, 0.2) is 17.0 Å². The maximum atomic E-state index is 14.7. The molecule has 22 heavy (non-hydrogen) atoms. The third-order valence-electron chi connectivity index (χ3n) is 4.47. The molecule has 0 aliphatic carbocycles. The van der Waals surface area contributed by atoms with Crippen LogP contribution in [-0.4, -0.2) is 37.4 Å². The summed E-state index contributed by atoms with van der Waals surface area (Å²) in [6.07, 6.45) is 1.78. The third-order valence-corrected chi connectivity index (χ3v) is 4.47. The van der Waals surface area contributed by atoms with Gasteiger partial charge >= 0.3 is 0 Å². The van der Waals surface area contributed by atoms with Gasteiger partial charge in [0.2, 0.25) is 0 Å². The molecular weight excluding hydrogens is 285 g/mol. The Morgan fingerprint density at radius 1 is 1.36 bits per heavy atom. The average molecular weight is 303 g/mol. The molecule has 3 heterocycles. The van der Waals surface area contributed by atoms with E-state index in [0.717, 1.165) is 26.2 Å². The van der Waals surface area contributed by atoms with Crippen LogP contribution < -0.4 is 20.4 Å². The Balaban J connectivity index is 2.03. The zero-order chi connectivity index (χ0) is 15.3. The number of halogens is 1. The largest absolute Gasteiger partial charge is 0.487 e. The topological polar surface area (TPSA) is 46.5 Å². The van der Waals surface area contributed by atoms with Crippen LogP contribution in [0.4, 0.5) is 10.1 Å². The minimum absolute atomic E-state index is 0.122. The summed E-state index contributed by atoms with van der Waals surface area (Å²) in [5.41, 5.74) is 1.03. The van der Waals surface area contributed by atoms with Crippen molar-refractivity contribution in [3.63, 3.8) is 0 Å². The monoisotopic (exact) mass is 303 g/mol. The summed E-state index contributed by atoms with van der Waals surface area (Å²) in [4.78, 5) is 14.1. The number of rotatable bonds is 1. The second-order valence-electron chi connectivity index (χ2n) is 5.92. The van der Waals surface area contributed by atoms with Crippen LogP contribution in [0.5, 0.6) is 5.75 Å². The quantitative estimate of drug-likeness (QED) is 0.867. The van der Waals surface area contributed by atoms with Crippen molar-refractivity contribution in [2.45, 2.75) is 13.0 Å². The summed E-state index contributed by atoms with van der Waals surface area (Å²) in [6.45, 7) is 5.59. The van der Waals surface area contributed by atoms with Crippen LogP contribution in [0.2, 0.25) is 0 Å². The third kappa shape index (κ3) is 1.90. The van der Waals surface area contributed by atoms with Crippen LogP contribution in [-0.2, 0) is 0 Å². The molecule has 1 aromatic carbocycles. The van der Waals surface area contributed by atoms with Crippen molar-refractivity contribution in [2.75, 3.05) is 37.7 Å². The summed E-state index contributed by atoms with van der Waals surface area (Å²) < 4.78 is 22.6. The number of piperazine rings is 1. The zero-order valence-electron chi connectivity index (χ0n) is 12.4. The number of hydrogen-bond acceptors (Lipinski definition) is 4. The highest BCUT2D eigenvalue weighted by atomic mass is 19.1. The lowest BCUT2D eigenvalue weighted by molar-refractivity contribution is 0.246. The van der Waals surface area contributed by atoms with Crippen molar-refractivity contribution >= 4 is 16.6 Å². The summed E-state index contributed by atoms with van der Waals surface area (Å²) in [5, 5.41) is 3.65. The Hall–Kier alpha value is -2.08. The first-order chi connectivity index (χ1) is 10.7. The molecule has 5 nitrogen and oxygen atoms in total. The number of hydrogen-bond donors (Lipinski definition) is 1. The maximum absolute atomic E-state index is 14.7. The number of benzene rings is 1. The van der Waals surface area contributed by atoms with Gasteiger partial charge in [0.25, 0.3) is 0 Å². The van der Waals surface area contributed by atoms with E-state index in [1.807, 2.05) is 16.4 Å². The van der Waals surface area contributed by atoms with Crippen LogP contribution in [0, 0.1) is 5.82 Å². The van der Waals surface area contributed by atoms with E-state index in [1.54, 1.807) is 6.20 Å². The van der Waals surface area contributed by atoms with Gasteiger partial charge in [0.05, 0.1) is 16.9 Å². The molecule has 0 amide bonds. The molecule has 1 aromatic heterocycles. The van der Waals surface area contributed by atoms with E-state index < -0.39 is 0 Å². The first-order valence-corrected chi connectivity index (χ1v) is 7.62. The molecule has 6 heteroatoms. The Morgan fingerprint density at radius 2 is 2.14 bits per heavy atom. The molecule has 0 bridgehead atoms. The van der Waals surface area contributed by atoms with E-state index in [2.05, 4.69) is 5.32 Å². The van der Waals surface area contributed by atoms with Crippen LogP contribution >= 0.6 is 0 Å². The SMILES string of the molecule is CC1COc2c(N3CCNCC3)c(F)cc3c(=O)ccn1c23. The lowest BCUT2D eigenvalue weighted by Crippen LogP contribution is -2.44. The van der Waals surface area contributed by atoms with Crippen LogP contribution in [0.15, 0.2) is 23.1 Å². The van der Waals surface area contributed by atoms with Gasteiger partial charge in [0.1, 0.15) is 12.3 Å². The molecule has 1 N–H and O–H groups in total. The number of pyridine rings is 1. The highest BCUT2D eigenvalue weighted by Crippen LogP contribution is 2.41. The van der Waals surface area contributed by atoms with Crippen molar-refractivity contribution in [2.24, 2.45) is 0 Å². The van der Waals surface area contributed by atoms with Crippen molar-refractivity contribution in [1.82, 2.24) is 9.88 Å². The van der Waals surface area contributed by atoms with Crippen LogP contribution in [0.25, 0.3) is 10.9 Å². The Morgan fingerprint density at radius 3 is 2.91 bits per heavy atom. The summed E-state index contributed by atoms with van der Waals surface area (Å²) in [6, 6.07) is 2.98. The normalized spacial score (nSPS) is 21.0. The number of aromatic nitrogens is 1. The second-order valence-corrected chi connectivity index (χ2v) is 5.92. The summed E-state index contributed by atoms with van der Waals surface area (Å²) in [5.74, 6) is 0.126. The van der Waals surface area contributed by atoms with Crippen molar-refractivity contribution in [1.29, 1.82) is 0 Å². The van der Waals surface area contributed by atoms with Gasteiger partial charge in [-0.1, -0.05) is 0 Å². The van der Waals surface area contributed by atoms with Crippen LogP contribution in [0.3, 0.4) is 0 Å². The fourth-order valence-corrected chi connectivity index (χ4v) is 3.33. The smallest absolute Gasteiger partial charge is 0.189 e. The lowest BCUT2D eigenvalue weighted by Gasteiger charge is -2.34. The van der Waals surface area contributed by atoms with E-state index in [9.17, 15) is 9.18 Å². The molecule has 1 fully saturated rings. The Kier molecular flexibility index (Phi) is 3.07. The van der Waals surface area contributed by atoms with Gasteiger partial charge in [0, 0.05) is 38.4 Å². The second kappa shape index (κ2) is 4.98. The molecule has 1 unspecified atom stereocenters. The molecule has 2 aliphatic rings. The maximum Gasteiger partial charge on any atom is 0.189 e. The molecule has 0 saturated carbocycles. The summed E-state index contributed by atoms with van der Waals surface area (Å²) >= 11 is 0. The Bertz CT molecular complexity index is 796. The van der Waals surface area contributed by atoms with E-state index in [0.29, 0.717) is 28.9 Å².